The number of hydrogen-bond donors (Lipinski definition) is 1. The zero-order chi connectivity index (χ0) is 18.8. The van der Waals surface area contributed by atoms with Gasteiger partial charge >= 0.3 is 0 Å². The number of furan rings is 1. The number of rotatable bonds is 5. The van der Waals surface area contributed by atoms with Gasteiger partial charge in [0.15, 0.2) is 0 Å². The Kier molecular flexibility index (Phi) is 5.39. The van der Waals surface area contributed by atoms with Crippen molar-refractivity contribution in [2.75, 3.05) is 0 Å². The molecule has 1 aromatic carbocycles. The highest BCUT2D eigenvalue weighted by Crippen LogP contribution is 2.29. The first-order valence-corrected chi connectivity index (χ1v) is 8.99. The molecule has 2 aromatic heterocycles. The van der Waals surface area contributed by atoms with Gasteiger partial charge in [0.25, 0.3) is 5.91 Å². The fraction of sp³-hybridized carbons (Fsp3) is 0.263. The van der Waals surface area contributed by atoms with E-state index in [1.54, 1.807) is 29.1 Å². The van der Waals surface area contributed by atoms with E-state index < -0.39 is 0 Å². The first-order chi connectivity index (χ1) is 12.4. The molecule has 0 aliphatic rings. The van der Waals surface area contributed by atoms with Gasteiger partial charge in [0.05, 0.1) is 45.5 Å². The number of carbonyl (C=O) groups is 1. The van der Waals surface area contributed by atoms with Gasteiger partial charge in [-0.2, -0.15) is 5.10 Å². The van der Waals surface area contributed by atoms with Crippen molar-refractivity contribution in [2.45, 2.75) is 33.2 Å². The Labute approximate surface area is 161 Å². The minimum Gasteiger partial charge on any atom is -0.467 e. The standard InChI is InChI=1S/C19H19Cl2N3O2/c1-11(2)18-17(19(25)22-10-14-5-4-8-26-14)12(3)23-24(18)13-6-7-15(20)16(21)9-13/h4-9,11H,10H2,1-3H3,(H,22,25). The highest BCUT2D eigenvalue weighted by atomic mass is 35.5. The second-order valence-corrected chi connectivity index (χ2v) is 7.09. The molecular weight excluding hydrogens is 373 g/mol. The van der Waals surface area contributed by atoms with E-state index in [0.717, 1.165) is 11.4 Å². The van der Waals surface area contributed by atoms with E-state index in [-0.39, 0.29) is 11.8 Å². The van der Waals surface area contributed by atoms with Crippen LogP contribution in [0.3, 0.4) is 0 Å². The first kappa shape index (κ1) is 18.5. The van der Waals surface area contributed by atoms with E-state index in [1.165, 1.54) is 0 Å². The zero-order valence-corrected chi connectivity index (χ0v) is 16.2. The lowest BCUT2D eigenvalue weighted by molar-refractivity contribution is 0.0946. The SMILES string of the molecule is Cc1nn(-c2ccc(Cl)c(Cl)c2)c(C(C)C)c1C(=O)NCc1ccco1. The third kappa shape index (κ3) is 3.64. The van der Waals surface area contributed by atoms with Crippen molar-refractivity contribution in [1.29, 1.82) is 0 Å². The number of carbonyl (C=O) groups excluding carboxylic acids is 1. The van der Waals surface area contributed by atoms with Crippen LogP contribution in [0, 0.1) is 6.92 Å². The molecule has 0 radical (unpaired) electrons. The smallest absolute Gasteiger partial charge is 0.255 e. The van der Waals surface area contributed by atoms with Crippen LogP contribution >= 0.6 is 23.2 Å². The topological polar surface area (TPSA) is 60.1 Å². The molecule has 0 saturated carbocycles. The van der Waals surface area contributed by atoms with E-state index >= 15 is 0 Å². The maximum atomic E-state index is 12.8. The van der Waals surface area contributed by atoms with Gasteiger partial charge in [-0.15, -0.1) is 0 Å². The largest absolute Gasteiger partial charge is 0.467 e. The lowest BCUT2D eigenvalue weighted by Crippen LogP contribution is -2.24. The van der Waals surface area contributed by atoms with Crippen LogP contribution in [0.2, 0.25) is 10.0 Å². The van der Waals surface area contributed by atoms with E-state index in [1.807, 2.05) is 32.9 Å². The Morgan fingerprint density at radius 2 is 2.04 bits per heavy atom. The van der Waals surface area contributed by atoms with Gasteiger partial charge in [0.1, 0.15) is 5.76 Å². The molecule has 26 heavy (non-hydrogen) atoms. The number of aryl methyl sites for hydroxylation is 1. The molecule has 3 aromatic rings. The molecule has 136 valence electrons. The van der Waals surface area contributed by atoms with Crippen LogP contribution in [0.25, 0.3) is 5.69 Å². The first-order valence-electron chi connectivity index (χ1n) is 8.24. The molecule has 1 N–H and O–H groups in total. The number of hydrogen-bond acceptors (Lipinski definition) is 3. The van der Waals surface area contributed by atoms with E-state index in [9.17, 15) is 4.79 Å². The summed E-state index contributed by atoms with van der Waals surface area (Å²) in [6.07, 6.45) is 1.58. The third-order valence-corrected chi connectivity index (χ3v) is 4.76. The average molecular weight is 392 g/mol. The van der Waals surface area contributed by atoms with Gasteiger partial charge in [-0.3, -0.25) is 4.79 Å². The van der Waals surface area contributed by atoms with Crippen LogP contribution in [0.1, 0.15) is 47.3 Å². The fourth-order valence-corrected chi connectivity index (χ4v) is 3.13. The van der Waals surface area contributed by atoms with Crippen LogP contribution in [-0.4, -0.2) is 15.7 Å². The number of nitrogens with one attached hydrogen (secondary N) is 1. The Hall–Kier alpha value is -2.24. The molecule has 0 unspecified atom stereocenters. The Morgan fingerprint density at radius 3 is 2.65 bits per heavy atom. The van der Waals surface area contributed by atoms with Gasteiger partial charge in [0, 0.05) is 0 Å². The summed E-state index contributed by atoms with van der Waals surface area (Å²) in [5.41, 5.74) is 2.79. The summed E-state index contributed by atoms with van der Waals surface area (Å²) in [5, 5.41) is 8.37. The summed E-state index contributed by atoms with van der Waals surface area (Å²) in [7, 11) is 0. The average Bonchev–Trinajstić information content (AvgIpc) is 3.22. The molecule has 2 heterocycles. The third-order valence-electron chi connectivity index (χ3n) is 4.02. The van der Waals surface area contributed by atoms with Crippen LogP contribution in [0.5, 0.6) is 0 Å². The van der Waals surface area contributed by atoms with Gasteiger partial charge in [-0.1, -0.05) is 37.0 Å². The molecule has 1 amide bonds. The van der Waals surface area contributed by atoms with Gasteiger partial charge in [-0.05, 0) is 43.2 Å². The molecule has 0 saturated heterocycles. The minimum absolute atomic E-state index is 0.0787. The maximum Gasteiger partial charge on any atom is 0.255 e. The molecule has 0 aliphatic heterocycles. The zero-order valence-electron chi connectivity index (χ0n) is 14.7. The van der Waals surface area contributed by atoms with Gasteiger partial charge in [0.2, 0.25) is 0 Å². The predicted molar refractivity (Wildman–Crippen MR) is 102 cm³/mol. The van der Waals surface area contributed by atoms with Crippen molar-refractivity contribution in [1.82, 2.24) is 15.1 Å². The molecular formula is C19H19Cl2N3O2. The Bertz CT molecular complexity index is 931. The lowest BCUT2D eigenvalue weighted by Gasteiger charge is -2.13. The second kappa shape index (κ2) is 7.56. The number of aromatic nitrogens is 2. The molecule has 0 aliphatic carbocycles. The van der Waals surface area contributed by atoms with E-state index in [2.05, 4.69) is 10.4 Å². The van der Waals surface area contributed by atoms with E-state index in [0.29, 0.717) is 33.6 Å². The molecule has 0 spiro atoms. The number of amides is 1. The van der Waals surface area contributed by atoms with Crippen molar-refractivity contribution in [3.63, 3.8) is 0 Å². The summed E-state index contributed by atoms with van der Waals surface area (Å²) in [6, 6.07) is 8.89. The van der Waals surface area contributed by atoms with Crippen molar-refractivity contribution >= 4 is 29.1 Å². The fourth-order valence-electron chi connectivity index (χ4n) is 2.84. The van der Waals surface area contributed by atoms with Crippen LogP contribution in [0.4, 0.5) is 0 Å². The van der Waals surface area contributed by atoms with Crippen molar-refractivity contribution in [3.8, 4) is 5.69 Å². The van der Waals surface area contributed by atoms with Crippen molar-refractivity contribution in [2.24, 2.45) is 0 Å². The number of benzene rings is 1. The summed E-state index contributed by atoms with van der Waals surface area (Å²) >= 11 is 12.2. The minimum atomic E-state index is -0.186. The molecule has 7 heteroatoms. The molecule has 0 atom stereocenters. The molecule has 3 rings (SSSR count). The summed E-state index contributed by atoms with van der Waals surface area (Å²) in [5.74, 6) is 0.586. The number of nitrogens with zero attached hydrogens (tertiary/aromatic N) is 2. The normalized spacial score (nSPS) is 11.2. The quantitative estimate of drug-likeness (QED) is 0.655. The van der Waals surface area contributed by atoms with Crippen molar-refractivity contribution < 1.29 is 9.21 Å². The van der Waals surface area contributed by atoms with Gasteiger partial charge in [-0.25, -0.2) is 4.68 Å². The summed E-state index contributed by atoms with van der Waals surface area (Å²) < 4.78 is 7.02. The number of halogens is 2. The molecule has 0 fully saturated rings. The second-order valence-electron chi connectivity index (χ2n) is 6.27. The van der Waals surface area contributed by atoms with Crippen LogP contribution in [-0.2, 0) is 6.54 Å². The molecule has 5 nitrogen and oxygen atoms in total. The summed E-state index contributed by atoms with van der Waals surface area (Å²) in [4.78, 5) is 12.8. The maximum absolute atomic E-state index is 12.8. The predicted octanol–water partition coefficient (Wildman–Crippen LogP) is 5.13. The Balaban J connectivity index is 1.98. The Morgan fingerprint density at radius 1 is 1.27 bits per heavy atom. The lowest BCUT2D eigenvalue weighted by atomic mass is 10.0. The highest BCUT2D eigenvalue weighted by molar-refractivity contribution is 6.42. The monoisotopic (exact) mass is 391 g/mol. The van der Waals surface area contributed by atoms with Crippen LogP contribution in [0.15, 0.2) is 41.0 Å². The van der Waals surface area contributed by atoms with E-state index in [4.69, 9.17) is 27.6 Å². The van der Waals surface area contributed by atoms with Crippen LogP contribution < -0.4 is 5.32 Å². The van der Waals surface area contributed by atoms with Crippen molar-refractivity contribution in [3.05, 3.63) is 69.4 Å². The van der Waals surface area contributed by atoms with Gasteiger partial charge < -0.3 is 9.73 Å². The molecule has 0 bridgehead atoms. The summed E-state index contributed by atoms with van der Waals surface area (Å²) in [6.45, 7) is 6.18. The highest BCUT2D eigenvalue weighted by Gasteiger charge is 2.24.